The summed E-state index contributed by atoms with van der Waals surface area (Å²) in [7, 11) is 0. The Kier molecular flexibility index (Phi) is 4.93. The van der Waals surface area contributed by atoms with Crippen molar-refractivity contribution in [1.82, 2.24) is 0 Å². The molecule has 0 aromatic heterocycles. The average molecular weight is 310 g/mol. The van der Waals surface area contributed by atoms with Gasteiger partial charge in [0.2, 0.25) is 0 Å². The van der Waals surface area contributed by atoms with Gasteiger partial charge in [-0.3, -0.25) is 4.79 Å². The summed E-state index contributed by atoms with van der Waals surface area (Å²) in [4.78, 5) is 11.6. The third-order valence-corrected chi connectivity index (χ3v) is 4.52. The molecule has 0 atom stereocenters. The molecular weight excluding hydrogens is 284 g/mol. The van der Waals surface area contributed by atoms with E-state index in [1.54, 1.807) is 0 Å². The van der Waals surface area contributed by atoms with Crippen molar-refractivity contribution in [2.75, 3.05) is 0 Å². The first kappa shape index (κ1) is 17.3. The number of carboxylic acid groups (broad SMARTS) is 1. The van der Waals surface area contributed by atoms with Crippen molar-refractivity contribution < 1.29 is 9.90 Å². The lowest BCUT2D eigenvalue weighted by Gasteiger charge is -2.39. The molecule has 2 heteroatoms. The van der Waals surface area contributed by atoms with E-state index in [-0.39, 0.29) is 11.3 Å². The van der Waals surface area contributed by atoms with E-state index in [1.807, 2.05) is 50.2 Å². The van der Waals surface area contributed by atoms with Gasteiger partial charge in [0.25, 0.3) is 0 Å². The Balaban J connectivity index is 2.47. The van der Waals surface area contributed by atoms with Crippen molar-refractivity contribution in [3.63, 3.8) is 0 Å². The molecule has 0 amide bonds. The zero-order chi connectivity index (χ0) is 17.1. The first-order valence-corrected chi connectivity index (χ1v) is 8.07. The molecule has 2 aromatic rings. The van der Waals surface area contributed by atoms with Crippen molar-refractivity contribution >= 4 is 5.97 Å². The van der Waals surface area contributed by atoms with Gasteiger partial charge in [0.15, 0.2) is 0 Å². The van der Waals surface area contributed by atoms with Gasteiger partial charge in [-0.15, -0.1) is 0 Å². The summed E-state index contributed by atoms with van der Waals surface area (Å²) in [5.74, 6) is -0.589. The smallest absolute Gasteiger partial charge is 0.309 e. The van der Waals surface area contributed by atoms with Crippen molar-refractivity contribution in [1.29, 1.82) is 0 Å². The van der Waals surface area contributed by atoms with Crippen LogP contribution in [0.5, 0.6) is 0 Å². The predicted molar refractivity (Wildman–Crippen MR) is 94.5 cm³/mol. The number of aliphatic carboxylic acids is 1. The van der Waals surface area contributed by atoms with Crippen LogP contribution in [0.2, 0.25) is 0 Å². The van der Waals surface area contributed by atoms with Crippen molar-refractivity contribution in [2.45, 2.75) is 40.0 Å². The van der Waals surface area contributed by atoms with Crippen LogP contribution in [0.15, 0.2) is 60.7 Å². The first-order valence-electron chi connectivity index (χ1n) is 8.07. The fourth-order valence-corrected chi connectivity index (χ4v) is 3.70. The summed E-state index contributed by atoms with van der Waals surface area (Å²) in [5, 5.41) is 9.53. The minimum atomic E-state index is -0.759. The summed E-state index contributed by atoms with van der Waals surface area (Å²) >= 11 is 0. The summed E-state index contributed by atoms with van der Waals surface area (Å²) in [6.07, 6.45) is 0.601. The molecule has 0 radical (unpaired) electrons. The number of hydrogen-bond donors (Lipinski definition) is 1. The molecule has 0 heterocycles. The van der Waals surface area contributed by atoms with Crippen LogP contribution in [-0.2, 0) is 4.79 Å². The molecule has 1 N–H and O–H groups in total. The molecule has 0 fully saturated rings. The van der Waals surface area contributed by atoms with E-state index in [2.05, 4.69) is 38.1 Å². The maximum absolute atomic E-state index is 11.6. The van der Waals surface area contributed by atoms with Gasteiger partial charge in [0.05, 0.1) is 5.41 Å². The molecule has 0 saturated heterocycles. The lowest BCUT2D eigenvalue weighted by molar-refractivity contribution is -0.148. The molecule has 2 rings (SSSR count). The fraction of sp³-hybridized carbons (Fsp3) is 0.381. The fourth-order valence-electron chi connectivity index (χ4n) is 3.70. The molecule has 23 heavy (non-hydrogen) atoms. The molecule has 0 bridgehead atoms. The highest BCUT2D eigenvalue weighted by molar-refractivity contribution is 5.73. The molecule has 0 unspecified atom stereocenters. The Labute approximate surface area is 139 Å². The van der Waals surface area contributed by atoms with E-state index in [0.29, 0.717) is 6.42 Å². The largest absolute Gasteiger partial charge is 0.481 e. The van der Waals surface area contributed by atoms with E-state index >= 15 is 0 Å². The van der Waals surface area contributed by atoms with E-state index in [1.165, 1.54) is 11.1 Å². The molecule has 0 aliphatic rings. The van der Waals surface area contributed by atoms with E-state index in [0.717, 1.165) is 0 Å². The van der Waals surface area contributed by atoms with Gasteiger partial charge >= 0.3 is 5.97 Å². The molecule has 2 aromatic carbocycles. The van der Waals surface area contributed by atoms with Crippen LogP contribution < -0.4 is 0 Å². The highest BCUT2D eigenvalue weighted by atomic mass is 16.4. The number of carbonyl (C=O) groups is 1. The van der Waals surface area contributed by atoms with Crippen LogP contribution in [0.1, 0.15) is 51.2 Å². The van der Waals surface area contributed by atoms with E-state index in [4.69, 9.17) is 0 Å². The Morgan fingerprint density at radius 1 is 0.870 bits per heavy atom. The minimum Gasteiger partial charge on any atom is -0.481 e. The van der Waals surface area contributed by atoms with Crippen LogP contribution in [0.3, 0.4) is 0 Å². The lowest BCUT2D eigenvalue weighted by atomic mass is 9.64. The van der Waals surface area contributed by atoms with E-state index in [9.17, 15) is 9.90 Å². The summed E-state index contributed by atoms with van der Waals surface area (Å²) in [6, 6.07) is 20.7. The van der Waals surface area contributed by atoms with Crippen molar-refractivity contribution in [3.05, 3.63) is 71.8 Å². The number of benzene rings is 2. The summed E-state index contributed by atoms with van der Waals surface area (Å²) in [5.41, 5.74) is 1.50. The molecular formula is C21H26O2. The maximum atomic E-state index is 11.6. The van der Waals surface area contributed by atoms with Crippen LogP contribution in [0, 0.1) is 10.8 Å². The quantitative estimate of drug-likeness (QED) is 0.781. The molecule has 0 saturated carbocycles. The highest BCUT2D eigenvalue weighted by Crippen LogP contribution is 2.47. The zero-order valence-corrected chi connectivity index (χ0v) is 14.4. The Hall–Kier alpha value is -2.09. The van der Waals surface area contributed by atoms with Crippen LogP contribution in [0.4, 0.5) is 0 Å². The minimum absolute atomic E-state index is 0.156. The average Bonchev–Trinajstić information content (AvgIpc) is 2.48. The van der Waals surface area contributed by atoms with Crippen molar-refractivity contribution in [2.24, 2.45) is 10.8 Å². The predicted octanol–water partition coefficient (Wildman–Crippen LogP) is 5.35. The zero-order valence-electron chi connectivity index (χ0n) is 14.4. The first-order chi connectivity index (χ1) is 10.7. The lowest BCUT2D eigenvalue weighted by Crippen LogP contribution is -2.34. The molecule has 2 nitrogen and oxygen atoms in total. The van der Waals surface area contributed by atoms with Gasteiger partial charge in [-0.1, -0.05) is 74.5 Å². The van der Waals surface area contributed by atoms with Crippen LogP contribution in [0.25, 0.3) is 0 Å². The monoisotopic (exact) mass is 310 g/mol. The van der Waals surface area contributed by atoms with Gasteiger partial charge in [-0.25, -0.2) is 0 Å². The highest BCUT2D eigenvalue weighted by Gasteiger charge is 2.40. The normalized spacial score (nSPS) is 12.4. The SMILES string of the molecule is CC(C)(CC(C)(C)C(c1ccccc1)c1ccccc1)C(=O)O. The standard InChI is InChI=1S/C21H26O2/c1-20(2,15-21(3,4)19(22)23)18(16-11-7-5-8-12-16)17-13-9-6-10-14-17/h5-14,18H,15H2,1-4H3,(H,22,23). The number of hydrogen-bond acceptors (Lipinski definition) is 1. The van der Waals surface area contributed by atoms with Gasteiger partial charge in [-0.05, 0) is 36.8 Å². The van der Waals surface area contributed by atoms with Crippen molar-refractivity contribution in [3.8, 4) is 0 Å². The topological polar surface area (TPSA) is 37.3 Å². The molecule has 0 spiro atoms. The van der Waals surface area contributed by atoms with Gasteiger partial charge in [0.1, 0.15) is 0 Å². The Bertz CT molecular complexity index is 603. The van der Waals surface area contributed by atoms with Gasteiger partial charge in [0, 0.05) is 5.92 Å². The Morgan fingerprint density at radius 3 is 1.61 bits per heavy atom. The molecule has 0 aliphatic carbocycles. The van der Waals surface area contributed by atoms with Gasteiger partial charge < -0.3 is 5.11 Å². The van der Waals surface area contributed by atoms with E-state index < -0.39 is 11.4 Å². The number of carboxylic acids is 1. The molecule has 0 aliphatic heterocycles. The van der Waals surface area contributed by atoms with Crippen LogP contribution in [-0.4, -0.2) is 11.1 Å². The third-order valence-electron chi connectivity index (χ3n) is 4.52. The summed E-state index contributed by atoms with van der Waals surface area (Å²) < 4.78 is 0. The molecule has 122 valence electrons. The maximum Gasteiger partial charge on any atom is 0.309 e. The second kappa shape index (κ2) is 6.57. The van der Waals surface area contributed by atoms with Gasteiger partial charge in [-0.2, -0.15) is 0 Å². The summed E-state index contributed by atoms with van der Waals surface area (Å²) in [6.45, 7) is 7.96. The Morgan fingerprint density at radius 2 is 1.26 bits per heavy atom. The second-order valence-electron chi connectivity index (χ2n) is 7.61. The third kappa shape index (κ3) is 4.01. The number of rotatable bonds is 6. The second-order valence-corrected chi connectivity index (χ2v) is 7.61. The van der Waals surface area contributed by atoms with Crippen LogP contribution >= 0.6 is 0 Å².